The molecule has 0 aromatic rings. The van der Waals surface area contributed by atoms with Crippen LogP contribution in [0.3, 0.4) is 0 Å². The van der Waals surface area contributed by atoms with E-state index in [2.05, 4.69) is 0 Å². The van der Waals surface area contributed by atoms with Crippen LogP contribution in [0, 0.1) is 0 Å². The summed E-state index contributed by atoms with van der Waals surface area (Å²) in [6.07, 6.45) is 0. The summed E-state index contributed by atoms with van der Waals surface area (Å²) in [4.78, 5) is 22.8. The van der Waals surface area contributed by atoms with Crippen molar-refractivity contribution in [3.05, 3.63) is 0 Å². The second kappa shape index (κ2) is 4.20. The number of carbonyl (C=O) groups is 2. The molecule has 1 aliphatic rings. The van der Waals surface area contributed by atoms with Crippen molar-refractivity contribution in [2.45, 2.75) is 6.04 Å². The number of carboxylic acids is 1. The predicted octanol–water partition coefficient (Wildman–Crippen LogP) is -1.74. The highest BCUT2D eigenvalue weighted by Gasteiger charge is 2.29. The molecule has 1 rings (SSSR count). The minimum Gasteiger partial charge on any atom is -0.480 e. The number of hydrogen-bond acceptors (Lipinski definition) is 4. The molecule has 0 aromatic heterocycles. The fourth-order valence-electron chi connectivity index (χ4n) is 1.25. The van der Waals surface area contributed by atoms with Crippen molar-refractivity contribution in [3.63, 3.8) is 0 Å². The number of amides is 1. The van der Waals surface area contributed by atoms with Gasteiger partial charge in [0.25, 0.3) is 0 Å². The van der Waals surface area contributed by atoms with Gasteiger partial charge >= 0.3 is 5.97 Å². The molecule has 0 saturated carbocycles. The Balaban J connectivity index is 2.56. The molecule has 1 fully saturated rings. The van der Waals surface area contributed by atoms with Crippen molar-refractivity contribution in [2.75, 3.05) is 26.3 Å². The summed E-state index contributed by atoms with van der Waals surface area (Å²) in [7, 11) is 0. The molecule has 74 valence electrons. The predicted molar refractivity (Wildman–Crippen MR) is 43.0 cm³/mol. The molecule has 0 bridgehead atoms. The molecule has 6 nitrogen and oxygen atoms in total. The number of carboxylic acid groups (broad SMARTS) is 1. The molecule has 13 heavy (non-hydrogen) atoms. The number of primary amides is 1. The van der Waals surface area contributed by atoms with Gasteiger partial charge in [0.1, 0.15) is 6.04 Å². The molecule has 0 aromatic carbocycles. The van der Waals surface area contributed by atoms with Crippen LogP contribution in [-0.2, 0) is 14.3 Å². The van der Waals surface area contributed by atoms with Gasteiger partial charge < -0.3 is 15.6 Å². The normalized spacial score (nSPS) is 24.2. The van der Waals surface area contributed by atoms with Crippen LogP contribution in [0.1, 0.15) is 0 Å². The first-order chi connectivity index (χ1) is 6.11. The molecule has 0 radical (unpaired) electrons. The summed E-state index contributed by atoms with van der Waals surface area (Å²) in [5.74, 6) is -1.51. The molecular weight excluding hydrogens is 176 g/mol. The average Bonchev–Trinajstić information content (AvgIpc) is 2.03. The Hall–Kier alpha value is -1.14. The van der Waals surface area contributed by atoms with E-state index in [1.165, 1.54) is 4.90 Å². The number of rotatable bonds is 3. The SMILES string of the molecule is NC(=O)CN1CCOCC1C(=O)O. The van der Waals surface area contributed by atoms with Gasteiger partial charge in [0.15, 0.2) is 0 Å². The number of hydrogen-bond donors (Lipinski definition) is 2. The Morgan fingerprint density at radius 2 is 2.31 bits per heavy atom. The van der Waals surface area contributed by atoms with E-state index in [9.17, 15) is 9.59 Å². The Labute approximate surface area is 75.3 Å². The molecule has 6 heteroatoms. The molecule has 0 spiro atoms. The van der Waals surface area contributed by atoms with Gasteiger partial charge in [-0.05, 0) is 0 Å². The molecule has 1 atom stereocenters. The molecule has 1 saturated heterocycles. The number of aliphatic carboxylic acids is 1. The zero-order chi connectivity index (χ0) is 9.84. The summed E-state index contributed by atoms with van der Waals surface area (Å²) < 4.78 is 4.98. The van der Waals surface area contributed by atoms with Crippen LogP contribution in [0.25, 0.3) is 0 Å². The molecule has 0 aliphatic carbocycles. The monoisotopic (exact) mass is 188 g/mol. The fourth-order valence-corrected chi connectivity index (χ4v) is 1.25. The zero-order valence-electron chi connectivity index (χ0n) is 7.10. The van der Waals surface area contributed by atoms with Crippen LogP contribution in [0.4, 0.5) is 0 Å². The molecule has 1 unspecified atom stereocenters. The maximum absolute atomic E-state index is 10.7. The van der Waals surface area contributed by atoms with Crippen molar-refractivity contribution >= 4 is 11.9 Å². The van der Waals surface area contributed by atoms with Gasteiger partial charge in [-0.3, -0.25) is 14.5 Å². The minimum atomic E-state index is -0.985. The van der Waals surface area contributed by atoms with Crippen molar-refractivity contribution in [3.8, 4) is 0 Å². The second-order valence-electron chi connectivity index (χ2n) is 2.87. The van der Waals surface area contributed by atoms with E-state index < -0.39 is 17.9 Å². The molecule has 1 heterocycles. The Morgan fingerprint density at radius 3 is 2.85 bits per heavy atom. The minimum absolute atomic E-state index is 0.0275. The highest BCUT2D eigenvalue weighted by molar-refractivity contribution is 5.78. The Bertz CT molecular complexity index is 219. The highest BCUT2D eigenvalue weighted by Crippen LogP contribution is 2.05. The van der Waals surface area contributed by atoms with Crippen molar-refractivity contribution in [2.24, 2.45) is 5.73 Å². The second-order valence-corrected chi connectivity index (χ2v) is 2.87. The smallest absolute Gasteiger partial charge is 0.323 e. The topological polar surface area (TPSA) is 92.9 Å². The van der Waals surface area contributed by atoms with Gasteiger partial charge in [0.2, 0.25) is 5.91 Å². The molecular formula is C7H12N2O4. The van der Waals surface area contributed by atoms with E-state index in [1.807, 2.05) is 0 Å². The van der Waals surface area contributed by atoms with Gasteiger partial charge in [-0.15, -0.1) is 0 Å². The number of ether oxygens (including phenoxy) is 1. The van der Waals surface area contributed by atoms with Gasteiger partial charge in [-0.25, -0.2) is 0 Å². The lowest BCUT2D eigenvalue weighted by Gasteiger charge is -2.31. The third-order valence-corrected chi connectivity index (χ3v) is 1.88. The highest BCUT2D eigenvalue weighted by atomic mass is 16.5. The van der Waals surface area contributed by atoms with Crippen LogP contribution in [-0.4, -0.2) is 54.2 Å². The lowest BCUT2D eigenvalue weighted by Crippen LogP contribution is -2.52. The van der Waals surface area contributed by atoms with Crippen molar-refractivity contribution < 1.29 is 19.4 Å². The quantitative estimate of drug-likeness (QED) is 0.548. The lowest BCUT2D eigenvalue weighted by atomic mass is 10.2. The van der Waals surface area contributed by atoms with Crippen LogP contribution >= 0.6 is 0 Å². The lowest BCUT2D eigenvalue weighted by molar-refractivity contribution is -0.150. The third kappa shape index (κ3) is 2.67. The van der Waals surface area contributed by atoms with E-state index >= 15 is 0 Å². The van der Waals surface area contributed by atoms with Crippen LogP contribution in [0.5, 0.6) is 0 Å². The average molecular weight is 188 g/mol. The Morgan fingerprint density at radius 1 is 1.62 bits per heavy atom. The maximum Gasteiger partial charge on any atom is 0.323 e. The van der Waals surface area contributed by atoms with Gasteiger partial charge in [-0.2, -0.15) is 0 Å². The van der Waals surface area contributed by atoms with E-state index in [4.69, 9.17) is 15.6 Å². The summed E-state index contributed by atoms with van der Waals surface area (Å²) in [6, 6.07) is -0.749. The molecule has 1 amide bonds. The van der Waals surface area contributed by atoms with Crippen LogP contribution in [0.15, 0.2) is 0 Å². The van der Waals surface area contributed by atoms with Crippen molar-refractivity contribution in [1.29, 1.82) is 0 Å². The van der Waals surface area contributed by atoms with E-state index in [-0.39, 0.29) is 13.2 Å². The summed E-state index contributed by atoms with van der Waals surface area (Å²) in [5, 5.41) is 8.75. The van der Waals surface area contributed by atoms with Gasteiger partial charge in [-0.1, -0.05) is 0 Å². The number of carbonyl (C=O) groups excluding carboxylic acids is 1. The summed E-state index contributed by atoms with van der Waals surface area (Å²) >= 11 is 0. The molecule has 3 N–H and O–H groups in total. The van der Waals surface area contributed by atoms with E-state index in [1.54, 1.807) is 0 Å². The number of nitrogens with two attached hydrogens (primary N) is 1. The first kappa shape index (κ1) is 9.94. The summed E-state index contributed by atoms with van der Waals surface area (Å²) in [6.45, 7) is 0.958. The van der Waals surface area contributed by atoms with Crippen molar-refractivity contribution in [1.82, 2.24) is 4.90 Å². The zero-order valence-corrected chi connectivity index (χ0v) is 7.10. The van der Waals surface area contributed by atoms with Gasteiger partial charge in [0.05, 0.1) is 19.8 Å². The van der Waals surface area contributed by atoms with E-state index in [0.29, 0.717) is 13.2 Å². The molecule has 1 aliphatic heterocycles. The summed E-state index contributed by atoms with van der Waals surface area (Å²) in [5.41, 5.74) is 4.97. The number of morpholine rings is 1. The van der Waals surface area contributed by atoms with E-state index in [0.717, 1.165) is 0 Å². The third-order valence-electron chi connectivity index (χ3n) is 1.88. The largest absolute Gasteiger partial charge is 0.480 e. The Kier molecular flexibility index (Phi) is 3.21. The van der Waals surface area contributed by atoms with Crippen LogP contribution < -0.4 is 5.73 Å². The fraction of sp³-hybridized carbons (Fsp3) is 0.714. The number of nitrogens with zero attached hydrogens (tertiary/aromatic N) is 1. The first-order valence-corrected chi connectivity index (χ1v) is 3.94. The first-order valence-electron chi connectivity index (χ1n) is 3.94. The van der Waals surface area contributed by atoms with Gasteiger partial charge in [0, 0.05) is 6.54 Å². The van der Waals surface area contributed by atoms with Crippen LogP contribution in [0.2, 0.25) is 0 Å². The maximum atomic E-state index is 10.7. The standard InChI is InChI=1S/C7H12N2O4/c8-6(10)3-9-1-2-13-4-5(9)7(11)12/h5H,1-4H2,(H2,8,10)(H,11,12).